The molecule has 11 aromatic rings. The van der Waals surface area contributed by atoms with Gasteiger partial charge in [0.1, 0.15) is 0 Å². The van der Waals surface area contributed by atoms with E-state index in [1.54, 1.807) is 0 Å². The van der Waals surface area contributed by atoms with E-state index in [1.165, 1.54) is 54.6 Å². The molecular formula is C52H33N3. The van der Waals surface area contributed by atoms with Crippen molar-refractivity contribution in [3.63, 3.8) is 0 Å². The van der Waals surface area contributed by atoms with E-state index in [0.29, 0.717) is 0 Å². The maximum atomic E-state index is 5.26. The molecule has 0 aliphatic heterocycles. The monoisotopic (exact) mass is 699 g/mol. The molecule has 2 heterocycles. The van der Waals surface area contributed by atoms with Crippen LogP contribution in [0.2, 0.25) is 0 Å². The predicted molar refractivity (Wildman–Crippen MR) is 231 cm³/mol. The second kappa shape index (κ2) is 12.6. The summed E-state index contributed by atoms with van der Waals surface area (Å²) in [5.41, 5.74) is 12.1. The van der Waals surface area contributed by atoms with Crippen molar-refractivity contribution in [3.05, 3.63) is 200 Å². The van der Waals surface area contributed by atoms with Crippen LogP contribution in [0.25, 0.3) is 105 Å². The zero-order chi connectivity index (χ0) is 36.3. The van der Waals surface area contributed by atoms with Crippen molar-refractivity contribution < 1.29 is 0 Å². The molecule has 11 rings (SSSR count). The van der Waals surface area contributed by atoms with Crippen LogP contribution in [0.1, 0.15) is 0 Å². The van der Waals surface area contributed by atoms with Gasteiger partial charge in [0.15, 0.2) is 5.82 Å². The van der Waals surface area contributed by atoms with Crippen molar-refractivity contribution in [2.75, 3.05) is 0 Å². The lowest BCUT2D eigenvalue weighted by atomic mass is 9.92. The topological polar surface area (TPSA) is 30.7 Å². The normalized spacial score (nSPS) is 11.6. The highest BCUT2D eigenvalue weighted by atomic mass is 15.0. The summed E-state index contributed by atoms with van der Waals surface area (Å²) in [6, 6.07) is 71.6. The van der Waals surface area contributed by atoms with Crippen molar-refractivity contribution in [2.45, 2.75) is 0 Å². The largest absolute Gasteiger partial charge is 0.309 e. The third kappa shape index (κ3) is 5.05. The van der Waals surface area contributed by atoms with Crippen LogP contribution in [0.15, 0.2) is 200 Å². The van der Waals surface area contributed by atoms with Gasteiger partial charge in [0.2, 0.25) is 0 Å². The van der Waals surface area contributed by atoms with Gasteiger partial charge in [0.25, 0.3) is 0 Å². The average molecular weight is 700 g/mol. The van der Waals surface area contributed by atoms with Gasteiger partial charge in [-0.3, -0.25) is 0 Å². The summed E-state index contributed by atoms with van der Waals surface area (Å²) in [4.78, 5) is 10.4. The van der Waals surface area contributed by atoms with Crippen LogP contribution < -0.4 is 0 Å². The Balaban J connectivity index is 1.30. The molecule has 0 bridgehead atoms. The zero-order valence-corrected chi connectivity index (χ0v) is 29.9. The maximum Gasteiger partial charge on any atom is 0.160 e. The number of rotatable bonds is 5. The fourth-order valence-corrected chi connectivity index (χ4v) is 8.51. The Morgan fingerprint density at radius 1 is 0.327 bits per heavy atom. The molecule has 0 saturated carbocycles. The molecule has 0 aliphatic rings. The van der Waals surface area contributed by atoms with E-state index >= 15 is 0 Å². The van der Waals surface area contributed by atoms with Gasteiger partial charge in [0.05, 0.1) is 22.2 Å². The summed E-state index contributed by atoms with van der Waals surface area (Å²) in [5, 5.41) is 8.46. The van der Waals surface area contributed by atoms with Crippen molar-refractivity contribution in [3.8, 4) is 50.6 Å². The Kier molecular flexibility index (Phi) is 7.17. The number of fused-ring (bicyclic) bond motifs is 8. The van der Waals surface area contributed by atoms with Gasteiger partial charge in [-0.25, -0.2) is 9.97 Å². The standard InChI is InChI=1S/C52H33N3/c1-5-17-34(18-6-1)43-32-47-49(41-27-15-13-25-39(41)43)50-42-28-16-14-26-40(42)44(35-19-7-2-8-20-35)33-48(50)55(47)38-29-30-46-45(31-38)51(36-21-9-3-10-22-36)54-52(53-46)37-23-11-4-12-24-37/h1-33H. The molecule has 3 heteroatoms. The first-order valence-electron chi connectivity index (χ1n) is 18.8. The first-order chi connectivity index (χ1) is 27.3. The van der Waals surface area contributed by atoms with Gasteiger partial charge in [0, 0.05) is 33.0 Å². The second-order valence-electron chi connectivity index (χ2n) is 14.1. The molecule has 3 nitrogen and oxygen atoms in total. The number of benzene rings is 9. The first kappa shape index (κ1) is 31.2. The highest BCUT2D eigenvalue weighted by Crippen LogP contribution is 2.46. The van der Waals surface area contributed by atoms with Crippen LogP contribution in [-0.4, -0.2) is 14.5 Å². The minimum absolute atomic E-state index is 0.717. The zero-order valence-electron chi connectivity index (χ0n) is 29.9. The average Bonchev–Trinajstić information content (AvgIpc) is 3.61. The van der Waals surface area contributed by atoms with Crippen molar-refractivity contribution >= 4 is 54.3 Å². The van der Waals surface area contributed by atoms with Gasteiger partial charge in [-0.15, -0.1) is 0 Å². The Morgan fingerprint density at radius 2 is 0.764 bits per heavy atom. The van der Waals surface area contributed by atoms with Crippen molar-refractivity contribution in [2.24, 2.45) is 0 Å². The van der Waals surface area contributed by atoms with Crippen molar-refractivity contribution in [1.29, 1.82) is 0 Å². The molecule has 9 aromatic carbocycles. The quantitative estimate of drug-likeness (QED) is 0.179. The molecule has 0 aliphatic carbocycles. The van der Waals surface area contributed by atoms with Crippen LogP contribution in [0.5, 0.6) is 0 Å². The summed E-state index contributed by atoms with van der Waals surface area (Å²) in [7, 11) is 0. The van der Waals surface area contributed by atoms with Crippen LogP contribution >= 0.6 is 0 Å². The molecule has 0 saturated heterocycles. The minimum Gasteiger partial charge on any atom is -0.309 e. The van der Waals surface area contributed by atoms with E-state index in [2.05, 4.69) is 187 Å². The van der Waals surface area contributed by atoms with Gasteiger partial charge in [-0.2, -0.15) is 0 Å². The lowest BCUT2D eigenvalue weighted by Crippen LogP contribution is -1.99. The second-order valence-corrected chi connectivity index (χ2v) is 14.1. The smallest absolute Gasteiger partial charge is 0.160 e. The molecule has 0 fully saturated rings. The number of hydrogen-bond donors (Lipinski definition) is 0. The number of aromatic nitrogens is 3. The molecule has 0 radical (unpaired) electrons. The van der Waals surface area contributed by atoms with E-state index in [4.69, 9.17) is 9.97 Å². The number of hydrogen-bond acceptors (Lipinski definition) is 2. The van der Waals surface area contributed by atoms with Gasteiger partial charge < -0.3 is 4.57 Å². The minimum atomic E-state index is 0.717. The van der Waals surface area contributed by atoms with E-state index in [1.807, 2.05) is 18.2 Å². The fraction of sp³-hybridized carbons (Fsp3) is 0. The summed E-state index contributed by atoms with van der Waals surface area (Å²) < 4.78 is 2.47. The van der Waals surface area contributed by atoms with E-state index < -0.39 is 0 Å². The SMILES string of the molecule is c1ccc(-c2nc(-c3ccccc3)c3cc(-n4c5cc(-c6ccccc6)c6ccccc6c5c5c6ccccc6c(-c6ccccc6)cc54)ccc3n2)cc1. The molecule has 0 amide bonds. The van der Waals surface area contributed by atoms with Crippen LogP contribution in [0.4, 0.5) is 0 Å². The van der Waals surface area contributed by atoms with Gasteiger partial charge in [-0.1, -0.05) is 170 Å². The fourth-order valence-electron chi connectivity index (χ4n) is 8.51. The highest BCUT2D eigenvalue weighted by Gasteiger charge is 2.22. The molecule has 0 atom stereocenters. The van der Waals surface area contributed by atoms with Crippen LogP contribution in [0, 0.1) is 0 Å². The first-order valence-corrected chi connectivity index (χ1v) is 18.8. The van der Waals surface area contributed by atoms with Crippen LogP contribution in [-0.2, 0) is 0 Å². The molecule has 2 aromatic heterocycles. The third-order valence-corrected chi connectivity index (χ3v) is 11.0. The molecule has 55 heavy (non-hydrogen) atoms. The highest BCUT2D eigenvalue weighted by molar-refractivity contribution is 6.31. The summed E-state index contributed by atoms with van der Waals surface area (Å²) >= 11 is 0. The molecule has 256 valence electrons. The van der Waals surface area contributed by atoms with E-state index in [9.17, 15) is 0 Å². The van der Waals surface area contributed by atoms with Crippen molar-refractivity contribution in [1.82, 2.24) is 14.5 Å². The molecule has 0 N–H and O–H groups in total. The molecule has 0 spiro atoms. The summed E-state index contributed by atoms with van der Waals surface area (Å²) in [6.45, 7) is 0. The lowest BCUT2D eigenvalue weighted by molar-refractivity contribution is 1.18. The maximum absolute atomic E-state index is 5.26. The number of nitrogens with zero attached hydrogens (tertiary/aromatic N) is 3. The molecule has 0 unspecified atom stereocenters. The lowest BCUT2D eigenvalue weighted by Gasteiger charge is -2.15. The Labute approximate surface area is 318 Å². The Morgan fingerprint density at radius 3 is 1.27 bits per heavy atom. The van der Waals surface area contributed by atoms with E-state index in [0.717, 1.165) is 50.3 Å². The Bertz CT molecular complexity index is 3090. The Hall–Kier alpha value is -7.36. The third-order valence-electron chi connectivity index (χ3n) is 11.0. The van der Waals surface area contributed by atoms with Crippen LogP contribution in [0.3, 0.4) is 0 Å². The summed E-state index contributed by atoms with van der Waals surface area (Å²) in [6.07, 6.45) is 0. The van der Waals surface area contributed by atoms with Gasteiger partial charge in [-0.05, 0) is 74.1 Å². The molecular weight excluding hydrogens is 667 g/mol. The van der Waals surface area contributed by atoms with Gasteiger partial charge >= 0.3 is 0 Å². The predicted octanol–water partition coefficient (Wildman–Crippen LogP) is 13.7. The summed E-state index contributed by atoms with van der Waals surface area (Å²) in [5.74, 6) is 0.717. The van der Waals surface area contributed by atoms with E-state index in [-0.39, 0.29) is 0 Å².